The van der Waals surface area contributed by atoms with Crippen molar-refractivity contribution in [1.29, 1.82) is 0 Å². The summed E-state index contributed by atoms with van der Waals surface area (Å²) in [6.45, 7) is 10.8. The number of hydrogen-bond donors (Lipinski definition) is 0. The van der Waals surface area contributed by atoms with Crippen molar-refractivity contribution in [3.8, 4) is 0 Å². The van der Waals surface area contributed by atoms with Gasteiger partial charge in [0, 0.05) is 50.5 Å². The highest BCUT2D eigenvalue weighted by Crippen LogP contribution is 2.48. The van der Waals surface area contributed by atoms with E-state index in [4.69, 9.17) is 0 Å². The summed E-state index contributed by atoms with van der Waals surface area (Å²) < 4.78 is 3.06. The molecule has 4 heterocycles. The van der Waals surface area contributed by atoms with E-state index in [9.17, 15) is 19.2 Å². The topological polar surface area (TPSA) is 153 Å². The molecule has 88 heavy (non-hydrogen) atoms. The van der Waals surface area contributed by atoms with E-state index < -0.39 is 0 Å². The quantitative estimate of drug-likeness (QED) is 0.0400. The van der Waals surface area contributed by atoms with Crippen LogP contribution in [0.1, 0.15) is 297 Å². The first kappa shape index (κ1) is 70.7. The maximum atomic E-state index is 15.0. The molecule has 0 radical (unpaired) electrons. The zero-order valence-corrected chi connectivity index (χ0v) is 55.7. The van der Waals surface area contributed by atoms with Gasteiger partial charge in [-0.2, -0.15) is 0 Å². The number of unbranched alkanes of at least 4 members (excludes halogenated alkanes) is 26. The number of nitrogens with zero attached hydrogens (tertiary/aromatic N) is 4. The number of fused-ring (bicyclic) bond motifs is 2. The van der Waals surface area contributed by atoms with Crippen molar-refractivity contribution < 1.29 is 19.2 Å². The molecular formula is C76H118N4O8. The standard InChI is InChI=1S/C76H118N4O8/c1-5-9-13-17-25-33-41-61-57(37-29-15-11-7-3)43-45-59(39-31-23-19-21-27-35-51-77-69(81)47-48-70(77)82)67(61)55-79-73(85)63-53-65-66(54-64(63)74(79)86)76(88)80(75(65)87)56-68-60(40-32-24-20-22-28-36-52-78-71(83)49-50-72(78)84)46-44-58(38-30-16-12-8-4)62(68)42-34-26-18-14-10-6-2/h47-50,53-54,57-62,67-68H,5-46,51-52,55-56H2,1-4H3. The predicted molar refractivity (Wildman–Crippen MR) is 361 cm³/mol. The van der Waals surface area contributed by atoms with Crippen LogP contribution in [0.25, 0.3) is 21.5 Å². The van der Waals surface area contributed by atoms with E-state index in [0.717, 1.165) is 116 Å². The van der Waals surface area contributed by atoms with Gasteiger partial charge in [0.2, 0.25) is 0 Å². The second-order valence-electron chi connectivity index (χ2n) is 28.2. The maximum Gasteiger partial charge on any atom is 0.261 e. The molecule has 0 bridgehead atoms. The lowest BCUT2D eigenvalue weighted by atomic mass is 9.62. The van der Waals surface area contributed by atoms with Crippen molar-refractivity contribution in [3.63, 3.8) is 0 Å². The van der Waals surface area contributed by atoms with Gasteiger partial charge in [-0.15, -0.1) is 0 Å². The number of imide groups is 2. The normalized spacial score (nSPS) is 22.4. The van der Waals surface area contributed by atoms with Crippen LogP contribution >= 0.6 is 0 Å². The number of aromatic nitrogens is 2. The Bertz CT molecular complexity index is 2600. The van der Waals surface area contributed by atoms with Crippen molar-refractivity contribution >= 4 is 45.2 Å². The molecule has 490 valence electrons. The number of amides is 4. The number of hydrogen-bond acceptors (Lipinski definition) is 8. The average Bonchev–Trinajstić information content (AvgIpc) is 1.67. The second kappa shape index (κ2) is 38.2. The molecule has 2 aliphatic heterocycles. The van der Waals surface area contributed by atoms with E-state index in [2.05, 4.69) is 27.7 Å². The highest BCUT2D eigenvalue weighted by atomic mass is 16.2. The number of benzene rings is 1. The summed E-state index contributed by atoms with van der Waals surface area (Å²) in [5, 5.41) is 1.10. The van der Waals surface area contributed by atoms with Crippen LogP contribution in [-0.4, -0.2) is 55.7 Å². The summed E-state index contributed by atoms with van der Waals surface area (Å²) in [5.41, 5.74) is -1.27. The minimum Gasteiger partial charge on any atom is -0.275 e. The maximum absolute atomic E-state index is 15.0. The van der Waals surface area contributed by atoms with Crippen LogP contribution in [0.3, 0.4) is 0 Å². The van der Waals surface area contributed by atoms with E-state index >= 15 is 19.2 Å². The molecule has 0 spiro atoms. The van der Waals surface area contributed by atoms with Crippen LogP contribution in [0.4, 0.5) is 0 Å². The third-order valence-corrected chi connectivity index (χ3v) is 22.0. The molecule has 7 rings (SSSR count). The summed E-state index contributed by atoms with van der Waals surface area (Å²) in [4.78, 5) is 111. The highest BCUT2D eigenvalue weighted by Gasteiger charge is 2.41. The lowest BCUT2D eigenvalue weighted by Crippen LogP contribution is -2.41. The number of carbonyl (C=O) groups excluding carboxylic acids is 4. The fraction of sp³-hybridized carbons (Fsp3) is 0.763. The van der Waals surface area contributed by atoms with Gasteiger partial charge >= 0.3 is 0 Å². The summed E-state index contributed by atoms with van der Waals surface area (Å²) in [6, 6.07) is 3.26. The Morgan fingerprint density at radius 3 is 0.795 bits per heavy atom. The Kier molecular flexibility index (Phi) is 30.7. The Labute approximate surface area is 529 Å². The van der Waals surface area contributed by atoms with Crippen LogP contribution in [0.5, 0.6) is 0 Å². The molecule has 0 N–H and O–H groups in total. The predicted octanol–water partition coefficient (Wildman–Crippen LogP) is 17.2. The van der Waals surface area contributed by atoms with E-state index in [1.807, 2.05) is 0 Å². The summed E-state index contributed by atoms with van der Waals surface area (Å²) in [6.07, 6.45) is 53.5. The summed E-state index contributed by atoms with van der Waals surface area (Å²) in [7, 11) is 0. The first-order valence-electron chi connectivity index (χ1n) is 36.9. The lowest BCUT2D eigenvalue weighted by Gasteiger charge is -2.44. The molecule has 1 aromatic carbocycles. The Balaban J connectivity index is 1.12. The van der Waals surface area contributed by atoms with Gasteiger partial charge in [-0.1, -0.05) is 246 Å². The van der Waals surface area contributed by atoms with E-state index in [1.165, 1.54) is 197 Å². The monoisotopic (exact) mass is 1210 g/mol. The molecule has 0 saturated heterocycles. The van der Waals surface area contributed by atoms with Crippen molar-refractivity contribution in [2.45, 2.75) is 310 Å². The fourth-order valence-electron chi connectivity index (χ4n) is 16.9. The minimum absolute atomic E-state index is 0.185. The van der Waals surface area contributed by atoms with Crippen molar-refractivity contribution in [2.24, 2.45) is 47.3 Å². The van der Waals surface area contributed by atoms with Crippen LogP contribution < -0.4 is 22.2 Å². The molecule has 2 aliphatic carbocycles. The smallest absolute Gasteiger partial charge is 0.261 e. The molecule has 8 atom stereocenters. The van der Waals surface area contributed by atoms with E-state index in [1.54, 1.807) is 12.1 Å². The SMILES string of the molecule is CCCCCCCCC1C(CCCCCC)CCC(CCCCCCCCN2C(=O)C=CC2=O)C1Cn1c(=O)c2cc3c(=O)n(CC4C(CCCCCCCCN5C(=O)C=CC5=O)CCC(CCCCCC)C4CCCCCCCC)c(=O)c3cc2c1=O. The Hall–Kier alpha value is -4.74. The van der Waals surface area contributed by atoms with Crippen LogP contribution in [0.15, 0.2) is 55.6 Å². The van der Waals surface area contributed by atoms with Crippen molar-refractivity contribution in [1.82, 2.24) is 18.9 Å². The fourth-order valence-corrected chi connectivity index (χ4v) is 16.9. The molecule has 4 amide bonds. The van der Waals surface area contributed by atoms with Crippen LogP contribution in [-0.2, 0) is 32.3 Å². The van der Waals surface area contributed by atoms with Gasteiger partial charge in [-0.3, -0.25) is 57.3 Å². The third kappa shape index (κ3) is 20.1. The molecule has 4 aliphatic rings. The van der Waals surface area contributed by atoms with Crippen LogP contribution in [0, 0.1) is 47.3 Å². The van der Waals surface area contributed by atoms with Crippen molar-refractivity contribution in [2.75, 3.05) is 13.1 Å². The first-order chi connectivity index (χ1) is 42.9. The van der Waals surface area contributed by atoms with Crippen molar-refractivity contribution in [3.05, 3.63) is 77.9 Å². The van der Waals surface area contributed by atoms with Crippen LogP contribution in [0.2, 0.25) is 0 Å². The first-order valence-corrected chi connectivity index (χ1v) is 36.9. The largest absolute Gasteiger partial charge is 0.275 e. The minimum atomic E-state index is -0.317. The van der Waals surface area contributed by atoms with Gasteiger partial charge in [0.05, 0.1) is 21.5 Å². The molecule has 2 fully saturated rings. The molecular weight excluding hydrogens is 1100 g/mol. The summed E-state index contributed by atoms with van der Waals surface area (Å²) in [5.74, 6) is 2.27. The molecule has 2 aromatic heterocycles. The van der Waals surface area contributed by atoms with Gasteiger partial charge in [0.15, 0.2) is 0 Å². The second-order valence-corrected chi connectivity index (χ2v) is 28.2. The number of carbonyl (C=O) groups is 4. The average molecular weight is 1220 g/mol. The molecule has 2 saturated carbocycles. The molecule has 12 nitrogen and oxygen atoms in total. The van der Waals surface area contributed by atoms with E-state index in [-0.39, 0.29) is 79.2 Å². The van der Waals surface area contributed by atoms with Gasteiger partial charge in [-0.05, 0) is 111 Å². The van der Waals surface area contributed by atoms with Gasteiger partial charge in [0.25, 0.3) is 45.9 Å². The van der Waals surface area contributed by atoms with Gasteiger partial charge < -0.3 is 0 Å². The molecule has 3 aromatic rings. The Morgan fingerprint density at radius 1 is 0.284 bits per heavy atom. The molecule has 8 unspecified atom stereocenters. The van der Waals surface area contributed by atoms with Gasteiger partial charge in [-0.25, -0.2) is 0 Å². The number of rotatable bonds is 46. The third-order valence-electron chi connectivity index (χ3n) is 22.0. The highest BCUT2D eigenvalue weighted by molar-refractivity contribution is 6.13. The lowest BCUT2D eigenvalue weighted by molar-refractivity contribution is -0.138. The van der Waals surface area contributed by atoms with Gasteiger partial charge in [0.1, 0.15) is 0 Å². The Morgan fingerprint density at radius 2 is 0.511 bits per heavy atom. The zero-order valence-electron chi connectivity index (χ0n) is 55.7. The molecule has 12 heteroatoms. The zero-order chi connectivity index (χ0) is 62.6. The van der Waals surface area contributed by atoms with E-state index in [0.29, 0.717) is 61.7 Å². The summed E-state index contributed by atoms with van der Waals surface area (Å²) >= 11 is 0.